The monoisotopic (exact) mass is 1000 g/mol. The van der Waals surface area contributed by atoms with E-state index >= 15 is 0 Å². The van der Waals surface area contributed by atoms with Crippen molar-refractivity contribution in [2.45, 2.75) is 57.8 Å². The lowest BCUT2D eigenvalue weighted by Crippen LogP contribution is -2.36. The van der Waals surface area contributed by atoms with Gasteiger partial charge in [-0.15, -0.1) is 0 Å². The minimum atomic E-state index is -0.872. The largest absolute Gasteiger partial charge is 0.310 e. The lowest BCUT2D eigenvalue weighted by atomic mass is 9.64. The molecule has 2 aliphatic rings. The smallest absolute Gasteiger partial charge is 0.187 e. The highest BCUT2D eigenvalue weighted by Gasteiger charge is 2.53. The maximum atomic E-state index is 10.1. The third-order valence-electron chi connectivity index (χ3n) is 16.2. The Balaban J connectivity index is 1.20. The Morgan fingerprint density at radius 2 is 0.795 bits per heavy atom. The van der Waals surface area contributed by atoms with Crippen molar-refractivity contribution in [3.63, 3.8) is 0 Å². The highest BCUT2D eigenvalue weighted by atomic mass is 15.2. The van der Waals surface area contributed by atoms with Gasteiger partial charge in [-0.1, -0.05) is 181 Å². The fourth-order valence-corrected chi connectivity index (χ4v) is 12.5. The molecule has 5 nitrogen and oxygen atoms in total. The van der Waals surface area contributed by atoms with Crippen LogP contribution in [-0.2, 0) is 16.2 Å². The van der Waals surface area contributed by atoms with Crippen molar-refractivity contribution in [2.24, 2.45) is 0 Å². The van der Waals surface area contributed by atoms with Crippen LogP contribution in [0.15, 0.2) is 237 Å². The zero-order valence-electron chi connectivity index (χ0n) is 44.8. The fourth-order valence-electron chi connectivity index (χ4n) is 12.5. The van der Waals surface area contributed by atoms with Gasteiger partial charge in [0.2, 0.25) is 0 Å². The van der Waals surface area contributed by atoms with Crippen molar-refractivity contribution in [3.05, 3.63) is 287 Å². The van der Waals surface area contributed by atoms with Crippen LogP contribution < -0.4 is 14.7 Å². The summed E-state index contributed by atoms with van der Waals surface area (Å²) in [6.07, 6.45) is 0. The van der Waals surface area contributed by atoms with Crippen molar-refractivity contribution >= 4 is 78.4 Å². The van der Waals surface area contributed by atoms with E-state index in [4.69, 9.17) is 6.57 Å². The summed E-state index contributed by atoms with van der Waals surface area (Å²) >= 11 is 0. The molecule has 1 spiro atoms. The summed E-state index contributed by atoms with van der Waals surface area (Å²) in [6, 6.07) is 88.2. The Bertz CT molecular complexity index is 3970. The number of hydrogen-bond acceptors (Lipinski definition) is 4. The van der Waals surface area contributed by atoms with Gasteiger partial charge in [-0.25, -0.2) is 4.85 Å². The Morgan fingerprint density at radius 1 is 0.423 bits per heavy atom. The minimum absolute atomic E-state index is 0.0400. The zero-order valence-corrected chi connectivity index (χ0v) is 44.8. The van der Waals surface area contributed by atoms with Gasteiger partial charge in [-0.05, 0) is 163 Å². The average Bonchev–Trinajstić information content (AvgIpc) is 2.88. The first kappa shape index (κ1) is 48.0. The van der Waals surface area contributed by atoms with Crippen LogP contribution in [0.1, 0.15) is 80.5 Å². The third-order valence-corrected chi connectivity index (χ3v) is 16.2. The Morgan fingerprint density at radius 3 is 1.21 bits per heavy atom. The summed E-state index contributed by atoms with van der Waals surface area (Å²) in [5, 5.41) is 14.6. The van der Waals surface area contributed by atoms with Gasteiger partial charge in [-0.2, -0.15) is 5.26 Å². The predicted octanol–water partition coefficient (Wildman–Crippen LogP) is 20.1. The van der Waals surface area contributed by atoms with Gasteiger partial charge in [0, 0.05) is 39.2 Å². The maximum Gasteiger partial charge on any atom is 0.187 e. The van der Waals surface area contributed by atoms with E-state index in [1.807, 2.05) is 24.3 Å². The van der Waals surface area contributed by atoms with Crippen molar-refractivity contribution < 1.29 is 0 Å². The number of hydrogen-bond donors (Lipinski definition) is 0. The van der Waals surface area contributed by atoms with Gasteiger partial charge in [0.15, 0.2) is 5.69 Å². The average molecular weight is 1000 g/mol. The molecule has 0 fully saturated rings. The van der Waals surface area contributed by atoms with Crippen molar-refractivity contribution in [1.82, 2.24) is 0 Å². The number of nitriles is 1. The number of benzene rings is 11. The second-order valence-corrected chi connectivity index (χ2v) is 22.7. The highest BCUT2D eigenvalue weighted by molar-refractivity contribution is 6.19. The molecule has 1 aliphatic carbocycles. The highest BCUT2D eigenvalue weighted by Crippen LogP contribution is 2.67. The molecule has 0 N–H and O–H groups in total. The summed E-state index contributed by atoms with van der Waals surface area (Å²) in [7, 11) is 0. The summed E-state index contributed by atoms with van der Waals surface area (Å²) in [6.45, 7) is 21.5. The summed E-state index contributed by atoms with van der Waals surface area (Å²) in [5.74, 6) is 0. The molecule has 0 unspecified atom stereocenters. The molecule has 1 aliphatic heterocycles. The quantitative estimate of drug-likeness (QED) is 0.149. The van der Waals surface area contributed by atoms with E-state index in [1.165, 1.54) is 44.5 Å². The van der Waals surface area contributed by atoms with Crippen molar-refractivity contribution in [1.29, 1.82) is 5.26 Å². The topological polar surface area (TPSA) is 37.9 Å². The molecule has 0 radical (unpaired) electrons. The first-order chi connectivity index (χ1) is 37.9. The molecule has 374 valence electrons. The van der Waals surface area contributed by atoms with Gasteiger partial charge >= 0.3 is 0 Å². The molecular formula is C73H57N5. The van der Waals surface area contributed by atoms with E-state index in [1.54, 1.807) is 0 Å². The molecular weight excluding hydrogens is 947 g/mol. The van der Waals surface area contributed by atoms with E-state index in [0.717, 1.165) is 72.7 Å². The van der Waals surface area contributed by atoms with Crippen molar-refractivity contribution in [3.8, 4) is 17.2 Å². The molecule has 0 aromatic heterocycles. The van der Waals surface area contributed by atoms with Crippen LogP contribution in [0.2, 0.25) is 0 Å². The van der Waals surface area contributed by atoms with Crippen LogP contribution in [0.25, 0.3) is 37.5 Å². The summed E-state index contributed by atoms with van der Waals surface area (Å²) in [4.78, 5) is 11.1. The van der Waals surface area contributed by atoms with Gasteiger partial charge < -0.3 is 14.7 Å². The lowest BCUT2D eigenvalue weighted by Gasteiger charge is -2.45. The standard InChI is InChI=1S/C73H57N5/c1-71(2,3)49-31-39-54(40-32-49)76(53-37-29-48(47-74)30-38-53)67-45-63-69(59-23-13-11-21-57(59)67)70-60-24-14-12-22-58(60)68(77(56-43-35-51(75-7)36-44-56)55-41-33-50(34-42-55)72(4,5)6)46-64(70)73(63)61-25-15-17-27-65(61)78(52-19-9-8-10-20-52)66-28-18-16-26-62(66)73/h8-46H,1-6H3. The summed E-state index contributed by atoms with van der Waals surface area (Å²) in [5.41, 5.74) is 19.2. The molecule has 13 rings (SSSR count). The van der Waals surface area contributed by atoms with E-state index in [-0.39, 0.29) is 10.8 Å². The molecule has 11 aromatic carbocycles. The lowest BCUT2D eigenvalue weighted by molar-refractivity contribution is 0.590. The first-order valence-corrected chi connectivity index (χ1v) is 26.8. The van der Waals surface area contributed by atoms with E-state index in [9.17, 15) is 5.26 Å². The second kappa shape index (κ2) is 18.3. The van der Waals surface area contributed by atoms with Crippen LogP contribution in [-0.4, -0.2) is 0 Å². The third kappa shape index (κ3) is 7.49. The number of nitrogens with zero attached hydrogens (tertiary/aromatic N) is 5. The zero-order chi connectivity index (χ0) is 53.5. The van der Waals surface area contributed by atoms with Gasteiger partial charge in [0.05, 0.1) is 46.4 Å². The SMILES string of the molecule is [C-]#[N+]c1ccc(N(c2ccc(C(C)(C)C)cc2)c2cc3c(c4ccccc24)-c2c(cc(N(c4ccc(C#N)cc4)c4ccc(C(C)(C)C)cc4)c4ccccc24)C32c3ccccc3N(c3ccccc3)c3ccccc32)cc1. The molecule has 0 saturated heterocycles. The van der Waals surface area contributed by atoms with E-state index in [2.05, 4.69) is 279 Å². The fraction of sp³-hybridized carbons (Fsp3) is 0.123. The van der Waals surface area contributed by atoms with Gasteiger partial charge in [0.25, 0.3) is 0 Å². The molecule has 78 heavy (non-hydrogen) atoms. The summed E-state index contributed by atoms with van der Waals surface area (Å²) < 4.78 is 0. The van der Waals surface area contributed by atoms with E-state index < -0.39 is 5.41 Å². The number of rotatable bonds is 7. The molecule has 11 aromatic rings. The van der Waals surface area contributed by atoms with E-state index in [0.29, 0.717) is 11.3 Å². The minimum Gasteiger partial charge on any atom is -0.310 e. The van der Waals surface area contributed by atoms with Gasteiger partial charge in [-0.3, -0.25) is 0 Å². The molecule has 0 bridgehead atoms. The number of para-hydroxylation sites is 3. The number of fused-ring (bicyclic) bond motifs is 13. The van der Waals surface area contributed by atoms with Crippen LogP contribution >= 0.6 is 0 Å². The predicted molar refractivity (Wildman–Crippen MR) is 325 cm³/mol. The Hall–Kier alpha value is -9.68. The molecule has 0 saturated carbocycles. The molecule has 1 heterocycles. The Kier molecular flexibility index (Phi) is 11.2. The molecule has 0 atom stereocenters. The van der Waals surface area contributed by atoms with Gasteiger partial charge in [0.1, 0.15) is 0 Å². The first-order valence-electron chi connectivity index (χ1n) is 26.8. The molecule has 5 heteroatoms. The van der Waals surface area contributed by atoms with Crippen LogP contribution in [0.5, 0.6) is 0 Å². The number of anilines is 9. The van der Waals surface area contributed by atoms with Crippen molar-refractivity contribution in [2.75, 3.05) is 14.7 Å². The van der Waals surface area contributed by atoms with Crippen LogP contribution in [0, 0.1) is 17.9 Å². The molecule has 0 amide bonds. The van der Waals surface area contributed by atoms with Crippen LogP contribution in [0.4, 0.5) is 56.9 Å². The maximum absolute atomic E-state index is 10.1. The normalized spacial score (nSPS) is 13.1. The Labute approximate surface area is 458 Å². The second-order valence-electron chi connectivity index (χ2n) is 22.7. The van der Waals surface area contributed by atoms with Crippen LogP contribution in [0.3, 0.4) is 0 Å².